The maximum Gasteiger partial charge on any atom is 0.253 e. The van der Waals surface area contributed by atoms with Gasteiger partial charge in [0, 0.05) is 29.4 Å². The maximum absolute atomic E-state index is 12.6. The molecule has 2 aromatic carbocycles. The zero-order valence-corrected chi connectivity index (χ0v) is 15.9. The Kier molecular flexibility index (Phi) is 6.85. The van der Waals surface area contributed by atoms with Gasteiger partial charge in [0.2, 0.25) is 5.91 Å². The van der Waals surface area contributed by atoms with Gasteiger partial charge in [0.25, 0.3) is 5.91 Å². The molecule has 2 amide bonds. The molecule has 1 aliphatic rings. The number of carbonyl (C=O) groups is 2. The molecule has 0 unspecified atom stereocenters. The SMILES string of the molecule is O=C(COCc1ccccc1Cl)Nc1cccc(C(=O)N2CCCCC2)c1. The molecule has 0 radical (unpaired) electrons. The first-order valence-electron chi connectivity index (χ1n) is 9.14. The summed E-state index contributed by atoms with van der Waals surface area (Å²) >= 11 is 6.06. The van der Waals surface area contributed by atoms with Crippen LogP contribution in [-0.4, -0.2) is 36.4 Å². The standard InChI is InChI=1S/C21H23ClN2O3/c22-19-10-3-2-7-17(19)14-27-15-20(25)23-18-9-6-8-16(13-18)21(26)24-11-4-1-5-12-24/h2-3,6-10,13H,1,4-5,11-12,14-15H2,(H,23,25). The van der Waals surface area contributed by atoms with Crippen LogP contribution in [0.25, 0.3) is 0 Å². The summed E-state index contributed by atoms with van der Waals surface area (Å²) in [5, 5.41) is 3.39. The summed E-state index contributed by atoms with van der Waals surface area (Å²) in [6.45, 7) is 1.77. The summed E-state index contributed by atoms with van der Waals surface area (Å²) in [6.07, 6.45) is 3.27. The summed E-state index contributed by atoms with van der Waals surface area (Å²) in [5.41, 5.74) is 2.01. The normalized spacial score (nSPS) is 14.0. The van der Waals surface area contributed by atoms with Crippen LogP contribution in [0.1, 0.15) is 35.2 Å². The van der Waals surface area contributed by atoms with Crippen LogP contribution in [0.2, 0.25) is 5.02 Å². The number of hydrogen-bond acceptors (Lipinski definition) is 3. The van der Waals surface area contributed by atoms with Crippen molar-refractivity contribution >= 4 is 29.1 Å². The predicted molar refractivity (Wildman–Crippen MR) is 106 cm³/mol. The van der Waals surface area contributed by atoms with Gasteiger partial charge in [-0.3, -0.25) is 9.59 Å². The number of nitrogens with zero attached hydrogens (tertiary/aromatic N) is 1. The molecule has 0 aliphatic carbocycles. The number of benzene rings is 2. The molecule has 1 aliphatic heterocycles. The molecule has 0 aromatic heterocycles. The molecule has 2 aromatic rings. The first-order chi connectivity index (χ1) is 13.1. The Hall–Kier alpha value is -2.37. The van der Waals surface area contributed by atoms with Crippen molar-refractivity contribution in [2.75, 3.05) is 25.0 Å². The molecular weight excluding hydrogens is 364 g/mol. The average Bonchev–Trinajstić information content (AvgIpc) is 2.70. The van der Waals surface area contributed by atoms with Crippen LogP contribution in [0.3, 0.4) is 0 Å². The predicted octanol–water partition coefficient (Wildman–Crippen LogP) is 4.12. The fourth-order valence-electron chi connectivity index (χ4n) is 3.08. The zero-order valence-electron chi connectivity index (χ0n) is 15.1. The van der Waals surface area contributed by atoms with Gasteiger partial charge < -0.3 is 15.0 Å². The minimum atomic E-state index is -0.273. The number of carbonyl (C=O) groups excluding carboxylic acids is 2. The second kappa shape index (κ2) is 9.53. The van der Waals surface area contributed by atoms with Crippen LogP contribution in [0, 0.1) is 0 Å². The van der Waals surface area contributed by atoms with Gasteiger partial charge in [0.05, 0.1) is 6.61 Å². The van der Waals surface area contributed by atoms with E-state index in [9.17, 15) is 9.59 Å². The largest absolute Gasteiger partial charge is 0.367 e. The Bertz CT molecular complexity index is 804. The molecule has 142 valence electrons. The van der Waals surface area contributed by atoms with Gasteiger partial charge in [0.15, 0.2) is 0 Å². The van der Waals surface area contributed by atoms with Gasteiger partial charge in [-0.25, -0.2) is 0 Å². The first kappa shape index (κ1) is 19.4. The van der Waals surface area contributed by atoms with E-state index in [0.717, 1.165) is 31.5 Å². The van der Waals surface area contributed by atoms with Crippen molar-refractivity contribution in [2.45, 2.75) is 25.9 Å². The number of ether oxygens (including phenoxy) is 1. The van der Waals surface area contributed by atoms with Crippen LogP contribution >= 0.6 is 11.6 Å². The summed E-state index contributed by atoms with van der Waals surface area (Å²) in [4.78, 5) is 26.6. The summed E-state index contributed by atoms with van der Waals surface area (Å²) < 4.78 is 5.44. The number of likely N-dealkylation sites (tertiary alicyclic amines) is 1. The van der Waals surface area contributed by atoms with E-state index in [-0.39, 0.29) is 25.0 Å². The van der Waals surface area contributed by atoms with Crippen molar-refractivity contribution in [3.8, 4) is 0 Å². The van der Waals surface area contributed by atoms with Gasteiger partial charge in [0.1, 0.15) is 6.61 Å². The van der Waals surface area contributed by atoms with Crippen LogP contribution in [0.5, 0.6) is 0 Å². The fraction of sp³-hybridized carbons (Fsp3) is 0.333. The fourth-order valence-corrected chi connectivity index (χ4v) is 3.27. The molecule has 5 nitrogen and oxygen atoms in total. The van der Waals surface area contributed by atoms with Gasteiger partial charge >= 0.3 is 0 Å². The Balaban J connectivity index is 1.52. The average molecular weight is 387 g/mol. The Morgan fingerprint density at radius 2 is 1.81 bits per heavy atom. The smallest absolute Gasteiger partial charge is 0.253 e. The Morgan fingerprint density at radius 3 is 2.59 bits per heavy atom. The third-order valence-corrected chi connectivity index (χ3v) is 4.85. The Morgan fingerprint density at radius 1 is 1.04 bits per heavy atom. The quantitative estimate of drug-likeness (QED) is 0.812. The molecule has 0 saturated carbocycles. The summed E-state index contributed by atoms with van der Waals surface area (Å²) in [5.74, 6) is -0.259. The minimum absolute atomic E-state index is 0.0146. The van der Waals surface area contributed by atoms with Crippen molar-refractivity contribution < 1.29 is 14.3 Å². The van der Waals surface area contributed by atoms with E-state index >= 15 is 0 Å². The van der Waals surface area contributed by atoms with E-state index in [0.29, 0.717) is 16.3 Å². The second-order valence-corrected chi connectivity index (χ2v) is 6.97. The molecule has 6 heteroatoms. The molecule has 1 heterocycles. The highest BCUT2D eigenvalue weighted by molar-refractivity contribution is 6.31. The Labute approximate surface area is 164 Å². The third kappa shape index (κ3) is 5.55. The molecule has 1 saturated heterocycles. The molecule has 0 bridgehead atoms. The second-order valence-electron chi connectivity index (χ2n) is 6.57. The van der Waals surface area contributed by atoms with Crippen LogP contribution in [-0.2, 0) is 16.1 Å². The van der Waals surface area contributed by atoms with Crippen molar-refractivity contribution in [1.82, 2.24) is 4.90 Å². The van der Waals surface area contributed by atoms with E-state index in [1.165, 1.54) is 6.42 Å². The number of hydrogen-bond donors (Lipinski definition) is 1. The van der Waals surface area contributed by atoms with Crippen molar-refractivity contribution in [3.05, 3.63) is 64.7 Å². The highest BCUT2D eigenvalue weighted by atomic mass is 35.5. The monoisotopic (exact) mass is 386 g/mol. The minimum Gasteiger partial charge on any atom is -0.367 e. The lowest BCUT2D eigenvalue weighted by molar-refractivity contribution is -0.121. The van der Waals surface area contributed by atoms with Gasteiger partial charge in [-0.15, -0.1) is 0 Å². The maximum atomic E-state index is 12.6. The molecule has 1 fully saturated rings. The van der Waals surface area contributed by atoms with E-state index in [4.69, 9.17) is 16.3 Å². The molecule has 0 atom stereocenters. The molecule has 27 heavy (non-hydrogen) atoms. The molecular formula is C21H23ClN2O3. The lowest BCUT2D eigenvalue weighted by Crippen LogP contribution is -2.35. The van der Waals surface area contributed by atoms with E-state index in [2.05, 4.69) is 5.32 Å². The van der Waals surface area contributed by atoms with Crippen molar-refractivity contribution in [1.29, 1.82) is 0 Å². The number of halogens is 1. The van der Waals surface area contributed by atoms with Crippen LogP contribution < -0.4 is 5.32 Å². The summed E-state index contributed by atoms with van der Waals surface area (Å²) in [6, 6.07) is 14.4. The van der Waals surface area contributed by atoms with E-state index < -0.39 is 0 Å². The number of nitrogens with one attached hydrogen (secondary N) is 1. The zero-order chi connectivity index (χ0) is 19.1. The number of anilines is 1. The van der Waals surface area contributed by atoms with Crippen LogP contribution in [0.4, 0.5) is 5.69 Å². The highest BCUT2D eigenvalue weighted by Crippen LogP contribution is 2.17. The van der Waals surface area contributed by atoms with Crippen LogP contribution in [0.15, 0.2) is 48.5 Å². The van der Waals surface area contributed by atoms with Crippen molar-refractivity contribution in [2.24, 2.45) is 0 Å². The first-order valence-corrected chi connectivity index (χ1v) is 9.51. The lowest BCUT2D eigenvalue weighted by Gasteiger charge is -2.26. The molecule has 0 spiro atoms. The highest BCUT2D eigenvalue weighted by Gasteiger charge is 2.18. The topological polar surface area (TPSA) is 58.6 Å². The summed E-state index contributed by atoms with van der Waals surface area (Å²) in [7, 11) is 0. The third-order valence-electron chi connectivity index (χ3n) is 4.49. The van der Waals surface area contributed by atoms with E-state index in [1.807, 2.05) is 23.1 Å². The van der Waals surface area contributed by atoms with E-state index in [1.54, 1.807) is 30.3 Å². The van der Waals surface area contributed by atoms with Gasteiger partial charge in [-0.1, -0.05) is 35.9 Å². The number of amides is 2. The number of piperidine rings is 1. The van der Waals surface area contributed by atoms with Gasteiger partial charge in [-0.05, 0) is 49.1 Å². The molecule has 3 rings (SSSR count). The molecule has 1 N–H and O–H groups in total. The number of rotatable bonds is 6. The van der Waals surface area contributed by atoms with Gasteiger partial charge in [-0.2, -0.15) is 0 Å². The van der Waals surface area contributed by atoms with Crippen molar-refractivity contribution in [3.63, 3.8) is 0 Å². The lowest BCUT2D eigenvalue weighted by atomic mass is 10.1.